The molecule has 0 spiro atoms. The highest BCUT2D eigenvalue weighted by Crippen LogP contribution is 2.29. The first-order valence-corrected chi connectivity index (χ1v) is 8.38. The lowest BCUT2D eigenvalue weighted by Crippen LogP contribution is -2.14. The van der Waals surface area contributed by atoms with Crippen LogP contribution in [0.15, 0.2) is 24.3 Å². The Bertz CT molecular complexity index is 751. The van der Waals surface area contributed by atoms with Gasteiger partial charge in [-0.25, -0.2) is 0 Å². The van der Waals surface area contributed by atoms with Crippen LogP contribution in [0.5, 0.6) is 11.5 Å². The summed E-state index contributed by atoms with van der Waals surface area (Å²) < 4.78 is 10.4. The van der Waals surface area contributed by atoms with Gasteiger partial charge in [-0.05, 0) is 32.0 Å². The highest BCUT2D eigenvalue weighted by molar-refractivity contribution is 7.12. The molecule has 0 saturated carbocycles. The molecule has 5 nitrogen and oxygen atoms in total. The van der Waals surface area contributed by atoms with E-state index >= 15 is 0 Å². The van der Waals surface area contributed by atoms with E-state index in [2.05, 4.69) is 5.32 Å². The predicted molar refractivity (Wildman–Crippen MR) is 95.5 cm³/mol. The summed E-state index contributed by atoms with van der Waals surface area (Å²) in [4.78, 5) is 26.5. The molecule has 1 aromatic carbocycles. The van der Waals surface area contributed by atoms with Gasteiger partial charge in [0.25, 0.3) is 0 Å². The molecule has 1 heterocycles. The van der Waals surface area contributed by atoms with Gasteiger partial charge >= 0.3 is 0 Å². The maximum Gasteiger partial charge on any atom is 0.224 e. The van der Waals surface area contributed by atoms with E-state index in [0.717, 1.165) is 9.75 Å². The molecule has 0 saturated heterocycles. The summed E-state index contributed by atoms with van der Waals surface area (Å²) in [7, 11) is 3.08. The Hall–Kier alpha value is -2.34. The minimum atomic E-state index is -0.237. The molecule has 0 unspecified atom stereocenters. The second-order valence-electron chi connectivity index (χ2n) is 5.36. The summed E-state index contributed by atoms with van der Waals surface area (Å²) in [5.41, 5.74) is 1.24. The Balaban J connectivity index is 1.98. The number of thiophene rings is 1. The van der Waals surface area contributed by atoms with E-state index in [9.17, 15) is 9.59 Å². The van der Waals surface area contributed by atoms with Crippen LogP contribution in [0.2, 0.25) is 0 Å². The van der Waals surface area contributed by atoms with Crippen molar-refractivity contribution in [3.63, 3.8) is 0 Å². The van der Waals surface area contributed by atoms with Crippen molar-refractivity contribution in [3.05, 3.63) is 39.6 Å². The van der Waals surface area contributed by atoms with Crippen molar-refractivity contribution in [1.29, 1.82) is 0 Å². The first kappa shape index (κ1) is 18.0. The Morgan fingerprint density at radius 1 is 1.08 bits per heavy atom. The second kappa shape index (κ2) is 7.97. The molecule has 1 aromatic heterocycles. The summed E-state index contributed by atoms with van der Waals surface area (Å²) in [6.45, 7) is 3.89. The fourth-order valence-electron chi connectivity index (χ4n) is 2.39. The molecule has 1 amide bonds. The van der Waals surface area contributed by atoms with Gasteiger partial charge in [-0.2, -0.15) is 0 Å². The number of rotatable bonds is 7. The second-order valence-corrected chi connectivity index (χ2v) is 6.82. The summed E-state index contributed by atoms with van der Waals surface area (Å²) in [6, 6.07) is 7.03. The molecule has 24 heavy (non-hydrogen) atoms. The molecule has 0 aliphatic carbocycles. The van der Waals surface area contributed by atoms with Gasteiger partial charge in [0.05, 0.1) is 19.9 Å². The number of ketones is 1. The third-order valence-electron chi connectivity index (χ3n) is 3.60. The summed E-state index contributed by atoms with van der Waals surface area (Å²) in [5.74, 6) is 0.912. The number of nitrogens with one attached hydrogen (secondary N) is 1. The Kier molecular flexibility index (Phi) is 5.98. The van der Waals surface area contributed by atoms with Crippen molar-refractivity contribution in [2.24, 2.45) is 0 Å². The van der Waals surface area contributed by atoms with E-state index in [1.54, 1.807) is 36.6 Å². The number of ether oxygens (including phenoxy) is 2. The number of carbonyl (C=O) groups is 2. The number of anilines is 1. The zero-order valence-corrected chi connectivity index (χ0v) is 15.1. The predicted octanol–water partition coefficient (Wildman–Crippen LogP) is 3.98. The lowest BCUT2D eigenvalue weighted by atomic mass is 10.1. The molecule has 0 atom stereocenters. The molecule has 2 aromatic rings. The fraction of sp³-hybridized carbons (Fsp3) is 0.333. The molecule has 2 rings (SSSR count). The van der Waals surface area contributed by atoms with Crippen molar-refractivity contribution in [3.8, 4) is 11.5 Å². The number of Topliss-reactive ketones (excluding diaryl/α,β-unsaturated/α-hetero) is 1. The average Bonchev–Trinajstić information content (AvgIpc) is 2.91. The maximum absolute atomic E-state index is 12.2. The summed E-state index contributed by atoms with van der Waals surface area (Å²) >= 11 is 1.59. The average molecular weight is 347 g/mol. The van der Waals surface area contributed by atoms with Crippen LogP contribution in [0, 0.1) is 13.8 Å². The molecule has 0 aliphatic rings. The highest BCUT2D eigenvalue weighted by Gasteiger charge is 2.15. The van der Waals surface area contributed by atoms with Gasteiger partial charge in [0, 0.05) is 34.2 Å². The van der Waals surface area contributed by atoms with E-state index in [1.807, 2.05) is 19.9 Å². The van der Waals surface area contributed by atoms with Gasteiger partial charge in [0.2, 0.25) is 5.91 Å². The van der Waals surface area contributed by atoms with E-state index < -0.39 is 0 Å². The molecular formula is C18H21NO4S. The molecule has 6 heteroatoms. The number of amides is 1. The smallest absolute Gasteiger partial charge is 0.224 e. The van der Waals surface area contributed by atoms with E-state index in [4.69, 9.17) is 9.47 Å². The van der Waals surface area contributed by atoms with Crippen LogP contribution in [0.1, 0.15) is 33.0 Å². The lowest BCUT2D eigenvalue weighted by molar-refractivity contribution is -0.116. The van der Waals surface area contributed by atoms with Crippen LogP contribution < -0.4 is 14.8 Å². The normalized spacial score (nSPS) is 10.3. The number of carbonyl (C=O) groups excluding carboxylic acids is 2. The van der Waals surface area contributed by atoms with Crippen LogP contribution in [-0.2, 0) is 4.79 Å². The Morgan fingerprint density at radius 3 is 2.42 bits per heavy atom. The largest absolute Gasteiger partial charge is 0.497 e. The lowest BCUT2D eigenvalue weighted by Gasteiger charge is -2.11. The van der Waals surface area contributed by atoms with Crippen molar-refractivity contribution in [2.75, 3.05) is 19.5 Å². The van der Waals surface area contributed by atoms with Crippen molar-refractivity contribution >= 4 is 28.7 Å². The number of hydrogen-bond acceptors (Lipinski definition) is 5. The third kappa shape index (κ3) is 4.35. The number of benzene rings is 1. The fourth-order valence-corrected chi connectivity index (χ4v) is 3.34. The van der Waals surface area contributed by atoms with E-state index in [-0.39, 0.29) is 24.5 Å². The minimum absolute atomic E-state index is 0.00962. The SMILES string of the molecule is COc1ccc(OC)c(NC(=O)CCC(=O)c2cc(C)sc2C)c1. The van der Waals surface area contributed by atoms with Gasteiger partial charge in [-0.1, -0.05) is 0 Å². The number of methoxy groups -OCH3 is 2. The monoisotopic (exact) mass is 347 g/mol. The van der Waals surface area contributed by atoms with Gasteiger partial charge in [0.15, 0.2) is 5.78 Å². The van der Waals surface area contributed by atoms with E-state index in [0.29, 0.717) is 22.7 Å². The maximum atomic E-state index is 12.2. The van der Waals surface area contributed by atoms with Gasteiger partial charge < -0.3 is 14.8 Å². The van der Waals surface area contributed by atoms with Crippen LogP contribution in [-0.4, -0.2) is 25.9 Å². The van der Waals surface area contributed by atoms with Crippen molar-refractivity contribution in [2.45, 2.75) is 26.7 Å². The topological polar surface area (TPSA) is 64.6 Å². The van der Waals surface area contributed by atoms with Crippen molar-refractivity contribution < 1.29 is 19.1 Å². The quantitative estimate of drug-likeness (QED) is 0.769. The Labute approximate surface area is 145 Å². The number of aryl methyl sites for hydroxylation is 2. The standard InChI is InChI=1S/C18H21NO4S/c1-11-9-14(12(2)24-11)16(20)6-8-18(21)19-15-10-13(22-3)5-7-17(15)23-4/h5,7,9-10H,6,8H2,1-4H3,(H,19,21). The molecule has 128 valence electrons. The zero-order valence-electron chi connectivity index (χ0n) is 14.3. The van der Waals surface area contributed by atoms with Gasteiger partial charge in [-0.15, -0.1) is 11.3 Å². The van der Waals surface area contributed by atoms with Crippen LogP contribution in [0.4, 0.5) is 5.69 Å². The Morgan fingerprint density at radius 2 is 1.83 bits per heavy atom. The molecule has 0 fully saturated rings. The highest BCUT2D eigenvalue weighted by atomic mass is 32.1. The van der Waals surface area contributed by atoms with Crippen LogP contribution in [0.3, 0.4) is 0 Å². The first-order valence-electron chi connectivity index (χ1n) is 7.56. The molecular weight excluding hydrogens is 326 g/mol. The van der Waals surface area contributed by atoms with E-state index in [1.165, 1.54) is 7.11 Å². The molecule has 0 bridgehead atoms. The minimum Gasteiger partial charge on any atom is -0.497 e. The zero-order chi connectivity index (χ0) is 17.7. The van der Waals surface area contributed by atoms with Crippen molar-refractivity contribution in [1.82, 2.24) is 0 Å². The number of hydrogen-bond donors (Lipinski definition) is 1. The first-order chi connectivity index (χ1) is 11.4. The molecule has 0 aliphatic heterocycles. The van der Waals surface area contributed by atoms with Crippen LogP contribution in [0.25, 0.3) is 0 Å². The summed E-state index contributed by atoms with van der Waals surface area (Å²) in [5, 5.41) is 2.77. The molecule has 0 radical (unpaired) electrons. The van der Waals surface area contributed by atoms with Crippen LogP contribution >= 0.6 is 11.3 Å². The molecule has 1 N–H and O–H groups in total. The summed E-state index contributed by atoms with van der Waals surface area (Å²) in [6.07, 6.45) is 0.294. The van der Waals surface area contributed by atoms with Gasteiger partial charge in [-0.3, -0.25) is 9.59 Å². The van der Waals surface area contributed by atoms with Gasteiger partial charge in [0.1, 0.15) is 11.5 Å². The third-order valence-corrected chi connectivity index (χ3v) is 4.57.